The molecule has 4 aromatic carbocycles. The number of benzene rings is 4. The number of hydrogen-bond donors (Lipinski definition) is 0. The first kappa shape index (κ1) is 20.5. The van der Waals surface area contributed by atoms with Crippen molar-refractivity contribution in [3.05, 3.63) is 109 Å². The maximum absolute atomic E-state index is 6.03. The molecule has 0 saturated heterocycles. The van der Waals surface area contributed by atoms with E-state index in [0.717, 1.165) is 34.3 Å². The van der Waals surface area contributed by atoms with Crippen molar-refractivity contribution in [1.82, 2.24) is 0 Å². The molecule has 0 N–H and O–H groups in total. The Labute approximate surface area is 184 Å². The standard InChI is InChI=1S/C28H27NO2/c1-22(2)21-30-26-17-19-28(20-18-26)31-27-15-13-25(14-16-27)29(23-9-5-3-6-10-23)24-11-7-4-8-12-24/h3-20,22H,21H2,1-2H3. The van der Waals surface area contributed by atoms with Crippen molar-refractivity contribution in [1.29, 1.82) is 0 Å². The normalized spacial score (nSPS) is 10.7. The Bertz CT molecular complexity index is 1020. The fourth-order valence-electron chi connectivity index (χ4n) is 3.27. The Kier molecular flexibility index (Phi) is 6.53. The van der Waals surface area contributed by atoms with E-state index >= 15 is 0 Å². The van der Waals surface area contributed by atoms with E-state index in [0.29, 0.717) is 12.5 Å². The molecular weight excluding hydrogens is 382 g/mol. The zero-order valence-corrected chi connectivity index (χ0v) is 17.9. The fraction of sp³-hybridized carbons (Fsp3) is 0.143. The van der Waals surface area contributed by atoms with Crippen LogP contribution in [0.2, 0.25) is 0 Å². The lowest BCUT2D eigenvalue weighted by molar-refractivity contribution is 0.271. The van der Waals surface area contributed by atoms with Crippen LogP contribution in [0.15, 0.2) is 109 Å². The summed E-state index contributed by atoms with van der Waals surface area (Å²) in [5, 5.41) is 0. The van der Waals surface area contributed by atoms with Crippen molar-refractivity contribution in [2.45, 2.75) is 13.8 Å². The average Bonchev–Trinajstić information content (AvgIpc) is 2.81. The minimum absolute atomic E-state index is 0.501. The third-order valence-corrected chi connectivity index (χ3v) is 4.77. The Morgan fingerprint density at radius 2 is 0.968 bits per heavy atom. The van der Waals surface area contributed by atoms with E-state index in [9.17, 15) is 0 Å². The van der Waals surface area contributed by atoms with Gasteiger partial charge < -0.3 is 14.4 Å². The summed E-state index contributed by atoms with van der Waals surface area (Å²) in [7, 11) is 0. The Balaban J connectivity index is 1.51. The molecule has 0 amide bonds. The van der Waals surface area contributed by atoms with Gasteiger partial charge in [-0.25, -0.2) is 0 Å². The second-order valence-electron chi connectivity index (χ2n) is 7.78. The molecule has 156 valence electrons. The number of para-hydroxylation sites is 2. The summed E-state index contributed by atoms with van der Waals surface area (Å²) in [5.74, 6) is 2.94. The van der Waals surface area contributed by atoms with Crippen molar-refractivity contribution in [2.24, 2.45) is 5.92 Å². The third-order valence-electron chi connectivity index (χ3n) is 4.77. The van der Waals surface area contributed by atoms with E-state index in [1.54, 1.807) is 0 Å². The van der Waals surface area contributed by atoms with E-state index in [2.05, 4.69) is 79.4 Å². The van der Waals surface area contributed by atoms with E-state index in [1.807, 2.05) is 48.5 Å². The molecule has 0 radical (unpaired) electrons. The number of ether oxygens (including phenoxy) is 2. The van der Waals surface area contributed by atoms with E-state index in [1.165, 1.54) is 0 Å². The fourth-order valence-corrected chi connectivity index (χ4v) is 3.27. The highest BCUT2D eigenvalue weighted by Crippen LogP contribution is 2.35. The maximum Gasteiger partial charge on any atom is 0.127 e. The predicted molar refractivity (Wildman–Crippen MR) is 128 cm³/mol. The largest absolute Gasteiger partial charge is 0.493 e. The highest BCUT2D eigenvalue weighted by Gasteiger charge is 2.11. The summed E-state index contributed by atoms with van der Waals surface area (Å²) >= 11 is 0. The zero-order chi connectivity index (χ0) is 21.5. The molecule has 0 fully saturated rings. The molecule has 4 rings (SSSR count). The molecule has 0 aliphatic carbocycles. The van der Waals surface area contributed by atoms with Gasteiger partial charge in [0.2, 0.25) is 0 Å². The van der Waals surface area contributed by atoms with Gasteiger partial charge in [0.15, 0.2) is 0 Å². The minimum Gasteiger partial charge on any atom is -0.493 e. The summed E-state index contributed by atoms with van der Waals surface area (Å²) < 4.78 is 11.8. The lowest BCUT2D eigenvalue weighted by Gasteiger charge is -2.25. The molecule has 3 nitrogen and oxygen atoms in total. The molecule has 0 saturated carbocycles. The van der Waals surface area contributed by atoms with Gasteiger partial charge in [0, 0.05) is 17.1 Å². The Morgan fingerprint density at radius 3 is 1.45 bits per heavy atom. The van der Waals surface area contributed by atoms with Crippen LogP contribution < -0.4 is 14.4 Å². The van der Waals surface area contributed by atoms with Crippen molar-refractivity contribution in [2.75, 3.05) is 11.5 Å². The van der Waals surface area contributed by atoms with Gasteiger partial charge in [-0.1, -0.05) is 50.2 Å². The van der Waals surface area contributed by atoms with Crippen LogP contribution in [-0.2, 0) is 0 Å². The van der Waals surface area contributed by atoms with Gasteiger partial charge in [-0.15, -0.1) is 0 Å². The summed E-state index contributed by atoms with van der Waals surface area (Å²) in [5.41, 5.74) is 3.29. The number of nitrogens with zero attached hydrogens (tertiary/aromatic N) is 1. The highest BCUT2D eigenvalue weighted by atomic mass is 16.5. The zero-order valence-electron chi connectivity index (χ0n) is 17.9. The quantitative estimate of drug-likeness (QED) is 0.294. The van der Waals surface area contributed by atoms with Gasteiger partial charge in [-0.2, -0.15) is 0 Å². The predicted octanol–water partition coefficient (Wildman–Crippen LogP) is 7.98. The van der Waals surface area contributed by atoms with Gasteiger partial charge in [-0.3, -0.25) is 0 Å². The molecule has 0 bridgehead atoms. The number of rotatable bonds is 8. The van der Waals surface area contributed by atoms with Crippen molar-refractivity contribution in [3.63, 3.8) is 0 Å². The van der Waals surface area contributed by atoms with Gasteiger partial charge >= 0.3 is 0 Å². The first-order valence-corrected chi connectivity index (χ1v) is 10.6. The van der Waals surface area contributed by atoms with Crippen LogP contribution in [0.3, 0.4) is 0 Å². The van der Waals surface area contributed by atoms with E-state index in [-0.39, 0.29) is 0 Å². The maximum atomic E-state index is 6.03. The van der Waals surface area contributed by atoms with E-state index in [4.69, 9.17) is 9.47 Å². The van der Waals surface area contributed by atoms with Gasteiger partial charge in [0.05, 0.1) is 6.61 Å². The molecule has 0 aliphatic rings. The molecule has 0 heterocycles. The smallest absolute Gasteiger partial charge is 0.127 e. The monoisotopic (exact) mass is 409 g/mol. The summed E-state index contributed by atoms with van der Waals surface area (Å²) in [6, 6.07) is 36.6. The van der Waals surface area contributed by atoms with Crippen molar-refractivity contribution < 1.29 is 9.47 Å². The number of hydrogen-bond acceptors (Lipinski definition) is 3. The van der Waals surface area contributed by atoms with Crippen molar-refractivity contribution >= 4 is 17.1 Å². The highest BCUT2D eigenvalue weighted by molar-refractivity contribution is 5.76. The first-order valence-electron chi connectivity index (χ1n) is 10.6. The molecule has 0 aromatic heterocycles. The number of anilines is 3. The SMILES string of the molecule is CC(C)COc1ccc(Oc2ccc(N(c3ccccc3)c3ccccc3)cc2)cc1. The molecule has 0 atom stereocenters. The van der Waals surface area contributed by atoms with Crippen molar-refractivity contribution in [3.8, 4) is 17.2 Å². The third kappa shape index (κ3) is 5.46. The van der Waals surface area contributed by atoms with Crippen LogP contribution in [0, 0.1) is 5.92 Å². The molecule has 3 heteroatoms. The van der Waals surface area contributed by atoms with Gasteiger partial charge in [0.1, 0.15) is 17.2 Å². The summed E-state index contributed by atoms with van der Waals surface area (Å²) in [6.07, 6.45) is 0. The van der Waals surface area contributed by atoms with Gasteiger partial charge in [-0.05, 0) is 78.7 Å². The summed E-state index contributed by atoms with van der Waals surface area (Å²) in [4.78, 5) is 2.23. The Morgan fingerprint density at radius 1 is 0.548 bits per heavy atom. The molecular formula is C28H27NO2. The average molecular weight is 410 g/mol. The van der Waals surface area contributed by atoms with Crippen LogP contribution in [0.5, 0.6) is 17.2 Å². The molecule has 0 spiro atoms. The lowest BCUT2D eigenvalue weighted by atomic mass is 10.2. The van der Waals surface area contributed by atoms with Gasteiger partial charge in [0.25, 0.3) is 0 Å². The molecule has 4 aromatic rings. The molecule has 0 aliphatic heterocycles. The minimum atomic E-state index is 0.501. The van der Waals surface area contributed by atoms with Crippen LogP contribution in [0.4, 0.5) is 17.1 Å². The topological polar surface area (TPSA) is 21.7 Å². The van der Waals surface area contributed by atoms with Crippen LogP contribution in [-0.4, -0.2) is 6.61 Å². The molecule has 0 unspecified atom stereocenters. The summed E-state index contributed by atoms with van der Waals surface area (Å²) in [6.45, 7) is 4.98. The van der Waals surface area contributed by atoms with Crippen LogP contribution >= 0.6 is 0 Å². The Hall–Kier alpha value is -3.72. The molecule has 31 heavy (non-hydrogen) atoms. The first-order chi connectivity index (χ1) is 15.2. The second-order valence-corrected chi connectivity index (χ2v) is 7.78. The van der Waals surface area contributed by atoms with E-state index < -0.39 is 0 Å². The second kappa shape index (κ2) is 9.86. The van der Waals surface area contributed by atoms with Crippen LogP contribution in [0.25, 0.3) is 0 Å². The lowest BCUT2D eigenvalue weighted by Crippen LogP contribution is -2.09. The van der Waals surface area contributed by atoms with Crippen LogP contribution in [0.1, 0.15) is 13.8 Å².